The minimum Gasteiger partial charge on any atom is -0.466 e. The first kappa shape index (κ1) is 17.7. The number of aromatic nitrogens is 1. The molecule has 0 fully saturated rings. The molecule has 0 aliphatic rings. The predicted octanol–water partition coefficient (Wildman–Crippen LogP) is 1.55. The number of hydrogen-bond acceptors (Lipinski definition) is 7. The number of rotatable bonds is 7. The zero-order valence-corrected chi connectivity index (χ0v) is 14.1. The lowest BCUT2D eigenvalue weighted by Crippen LogP contribution is -2.34. The summed E-state index contributed by atoms with van der Waals surface area (Å²) in [6, 6.07) is 3.13. The second-order valence-corrected chi connectivity index (χ2v) is 5.67. The molecule has 24 heavy (non-hydrogen) atoms. The number of likely N-dealkylation sites (N-methyl/N-ethyl adjacent to an activating group) is 1. The van der Waals surface area contributed by atoms with Crippen LogP contribution in [-0.2, 0) is 20.7 Å². The summed E-state index contributed by atoms with van der Waals surface area (Å²) < 4.78 is 9.84. The maximum Gasteiger partial charge on any atom is 0.311 e. The molecule has 2 aromatic rings. The normalized spacial score (nSPS) is 10.2. The van der Waals surface area contributed by atoms with E-state index in [0.717, 1.165) is 0 Å². The van der Waals surface area contributed by atoms with Crippen molar-refractivity contribution in [2.75, 3.05) is 25.5 Å². The Labute approximate surface area is 142 Å². The third-order valence-corrected chi connectivity index (χ3v) is 3.69. The van der Waals surface area contributed by atoms with Crippen molar-refractivity contribution >= 4 is 34.3 Å². The molecular formula is C15H17N3O5S. The molecule has 0 spiro atoms. The van der Waals surface area contributed by atoms with E-state index in [1.54, 1.807) is 18.4 Å². The van der Waals surface area contributed by atoms with E-state index in [1.807, 2.05) is 0 Å². The molecule has 2 rings (SSSR count). The van der Waals surface area contributed by atoms with Crippen LogP contribution in [0.3, 0.4) is 0 Å². The van der Waals surface area contributed by atoms with Crippen molar-refractivity contribution in [2.24, 2.45) is 0 Å². The number of carbonyl (C=O) groups excluding carboxylic acids is 3. The highest BCUT2D eigenvalue weighted by Gasteiger charge is 2.18. The first-order chi connectivity index (χ1) is 11.5. The molecule has 128 valence electrons. The van der Waals surface area contributed by atoms with Gasteiger partial charge in [-0.2, -0.15) is 0 Å². The molecule has 0 aliphatic heterocycles. The zero-order valence-electron chi connectivity index (χ0n) is 13.3. The maximum atomic E-state index is 12.0. The summed E-state index contributed by atoms with van der Waals surface area (Å²) in [6.45, 7) is 1.89. The lowest BCUT2D eigenvalue weighted by molar-refractivity contribution is -0.142. The molecule has 9 heteroatoms. The average Bonchev–Trinajstić information content (AvgIpc) is 3.18. The van der Waals surface area contributed by atoms with Crippen molar-refractivity contribution in [3.05, 3.63) is 35.2 Å². The van der Waals surface area contributed by atoms with Crippen LogP contribution in [0.15, 0.2) is 28.2 Å². The number of ether oxygens (including phenoxy) is 1. The fraction of sp³-hybridized carbons (Fsp3) is 0.333. The van der Waals surface area contributed by atoms with Crippen LogP contribution in [0.5, 0.6) is 0 Å². The number of hydrogen-bond donors (Lipinski definition) is 1. The summed E-state index contributed by atoms with van der Waals surface area (Å²) in [5, 5.41) is 4.62. The van der Waals surface area contributed by atoms with Crippen LogP contribution < -0.4 is 5.32 Å². The molecular weight excluding hydrogens is 334 g/mol. The lowest BCUT2D eigenvalue weighted by atomic mass is 10.3. The molecule has 0 aromatic carbocycles. The molecule has 0 saturated heterocycles. The van der Waals surface area contributed by atoms with Crippen LogP contribution in [-0.4, -0.2) is 47.9 Å². The lowest BCUT2D eigenvalue weighted by Gasteiger charge is -2.14. The molecule has 1 N–H and O–H groups in total. The van der Waals surface area contributed by atoms with E-state index in [1.165, 1.54) is 35.6 Å². The summed E-state index contributed by atoms with van der Waals surface area (Å²) in [7, 11) is 1.50. The summed E-state index contributed by atoms with van der Waals surface area (Å²) in [4.78, 5) is 40.7. The highest BCUT2D eigenvalue weighted by atomic mass is 32.1. The smallest absolute Gasteiger partial charge is 0.311 e. The Bertz CT molecular complexity index is 711. The molecule has 2 aromatic heterocycles. The Morgan fingerprint density at radius 1 is 1.42 bits per heavy atom. The summed E-state index contributed by atoms with van der Waals surface area (Å²) in [6.07, 6.45) is 1.44. The molecule has 0 bridgehead atoms. The van der Waals surface area contributed by atoms with Gasteiger partial charge in [0.15, 0.2) is 10.9 Å². The Balaban J connectivity index is 1.85. The second-order valence-electron chi connectivity index (χ2n) is 4.81. The van der Waals surface area contributed by atoms with Gasteiger partial charge in [-0.25, -0.2) is 4.98 Å². The van der Waals surface area contributed by atoms with E-state index < -0.39 is 11.8 Å². The summed E-state index contributed by atoms with van der Waals surface area (Å²) in [5.41, 5.74) is 0.522. The Hall–Kier alpha value is -2.68. The van der Waals surface area contributed by atoms with Gasteiger partial charge in [0, 0.05) is 12.4 Å². The summed E-state index contributed by atoms with van der Waals surface area (Å²) in [5.74, 6) is -0.993. The third-order valence-electron chi connectivity index (χ3n) is 2.89. The molecule has 0 radical (unpaired) electrons. The monoisotopic (exact) mass is 351 g/mol. The molecule has 2 amide bonds. The Kier molecular flexibility index (Phi) is 6.07. The van der Waals surface area contributed by atoms with Gasteiger partial charge in [0.25, 0.3) is 5.91 Å². The van der Waals surface area contributed by atoms with Crippen LogP contribution in [0.4, 0.5) is 5.13 Å². The van der Waals surface area contributed by atoms with Gasteiger partial charge in [-0.3, -0.25) is 14.4 Å². The number of thiazole rings is 1. The minimum absolute atomic E-state index is 0.0527. The molecule has 0 saturated carbocycles. The number of anilines is 1. The van der Waals surface area contributed by atoms with Crippen molar-refractivity contribution in [3.8, 4) is 0 Å². The fourth-order valence-corrected chi connectivity index (χ4v) is 2.57. The van der Waals surface area contributed by atoms with Gasteiger partial charge >= 0.3 is 5.97 Å². The van der Waals surface area contributed by atoms with Crippen molar-refractivity contribution in [1.29, 1.82) is 0 Å². The van der Waals surface area contributed by atoms with Crippen LogP contribution in [0.2, 0.25) is 0 Å². The average molecular weight is 351 g/mol. The van der Waals surface area contributed by atoms with E-state index in [2.05, 4.69) is 10.3 Å². The van der Waals surface area contributed by atoms with Gasteiger partial charge in [-0.15, -0.1) is 11.3 Å². The van der Waals surface area contributed by atoms with Gasteiger partial charge in [-0.1, -0.05) is 0 Å². The Morgan fingerprint density at radius 3 is 2.88 bits per heavy atom. The van der Waals surface area contributed by atoms with Crippen molar-refractivity contribution in [2.45, 2.75) is 13.3 Å². The molecule has 0 atom stereocenters. The molecule has 0 aliphatic carbocycles. The molecule has 8 nitrogen and oxygen atoms in total. The minimum atomic E-state index is -0.394. The van der Waals surface area contributed by atoms with Gasteiger partial charge < -0.3 is 19.4 Å². The van der Waals surface area contributed by atoms with E-state index in [4.69, 9.17) is 9.15 Å². The maximum absolute atomic E-state index is 12.0. The number of carbonyl (C=O) groups is 3. The zero-order chi connectivity index (χ0) is 17.5. The van der Waals surface area contributed by atoms with Crippen LogP contribution in [0, 0.1) is 0 Å². The van der Waals surface area contributed by atoms with E-state index in [0.29, 0.717) is 17.4 Å². The highest BCUT2D eigenvalue weighted by Crippen LogP contribution is 2.16. The van der Waals surface area contributed by atoms with Gasteiger partial charge in [0.2, 0.25) is 5.91 Å². The van der Waals surface area contributed by atoms with Crippen LogP contribution in [0.1, 0.15) is 23.2 Å². The number of esters is 1. The molecule has 2 heterocycles. The topological polar surface area (TPSA) is 102 Å². The van der Waals surface area contributed by atoms with Crippen LogP contribution in [0.25, 0.3) is 0 Å². The number of furan rings is 1. The number of amides is 2. The fourth-order valence-electron chi connectivity index (χ4n) is 1.84. The first-order valence-electron chi connectivity index (χ1n) is 7.18. The largest absolute Gasteiger partial charge is 0.466 e. The predicted molar refractivity (Wildman–Crippen MR) is 86.7 cm³/mol. The SMILES string of the molecule is CCOC(=O)Cc1csc(NC(=O)CN(C)C(=O)c2ccco2)n1. The molecule has 0 unspecified atom stereocenters. The van der Waals surface area contributed by atoms with Crippen molar-refractivity contribution in [1.82, 2.24) is 9.88 Å². The summed E-state index contributed by atoms with van der Waals surface area (Å²) >= 11 is 1.20. The van der Waals surface area contributed by atoms with E-state index in [9.17, 15) is 14.4 Å². The van der Waals surface area contributed by atoms with E-state index >= 15 is 0 Å². The quantitative estimate of drug-likeness (QED) is 0.760. The Morgan fingerprint density at radius 2 is 2.21 bits per heavy atom. The third kappa shape index (κ3) is 4.92. The van der Waals surface area contributed by atoms with E-state index in [-0.39, 0.29) is 24.7 Å². The van der Waals surface area contributed by atoms with Crippen LogP contribution >= 0.6 is 11.3 Å². The second kappa shape index (κ2) is 8.25. The number of nitrogens with one attached hydrogen (secondary N) is 1. The van der Waals surface area contributed by atoms with Gasteiger partial charge in [0.05, 0.1) is 25.0 Å². The van der Waals surface area contributed by atoms with Crippen molar-refractivity contribution in [3.63, 3.8) is 0 Å². The van der Waals surface area contributed by atoms with Gasteiger partial charge in [0.1, 0.15) is 6.54 Å². The van der Waals surface area contributed by atoms with Crippen molar-refractivity contribution < 1.29 is 23.5 Å². The first-order valence-corrected chi connectivity index (χ1v) is 8.06. The standard InChI is InChI=1S/C15H17N3O5S/c1-3-22-13(20)7-10-9-24-15(16-10)17-12(19)8-18(2)14(21)11-5-4-6-23-11/h4-6,9H,3,7-8H2,1-2H3,(H,16,17,19). The number of nitrogens with zero attached hydrogens (tertiary/aromatic N) is 2. The van der Waals surface area contributed by atoms with Gasteiger partial charge in [-0.05, 0) is 19.1 Å². The highest BCUT2D eigenvalue weighted by molar-refractivity contribution is 7.13.